The maximum atomic E-state index is 12.1. The average molecular weight is 356 g/mol. The lowest BCUT2D eigenvalue weighted by Crippen LogP contribution is -2.45. The molecule has 0 bridgehead atoms. The SMILES string of the molecule is Cl.O=S(=O)(NC1CCCNC1)c1cccc(Br)c1. The quantitative estimate of drug-likeness (QED) is 0.870. The Hall–Kier alpha value is -0.140. The van der Waals surface area contributed by atoms with Gasteiger partial charge in [-0.3, -0.25) is 0 Å². The average Bonchev–Trinajstić information content (AvgIpc) is 2.30. The minimum Gasteiger partial charge on any atom is -0.315 e. The highest BCUT2D eigenvalue weighted by atomic mass is 79.9. The van der Waals surface area contributed by atoms with Crippen molar-refractivity contribution in [2.45, 2.75) is 23.8 Å². The summed E-state index contributed by atoms with van der Waals surface area (Å²) in [5, 5.41) is 3.18. The van der Waals surface area contributed by atoms with E-state index in [4.69, 9.17) is 0 Å². The van der Waals surface area contributed by atoms with Crippen molar-refractivity contribution in [3.63, 3.8) is 0 Å². The summed E-state index contributed by atoms with van der Waals surface area (Å²) in [4.78, 5) is 0.303. The van der Waals surface area contributed by atoms with Crippen LogP contribution in [-0.4, -0.2) is 27.5 Å². The lowest BCUT2D eigenvalue weighted by Gasteiger charge is -2.23. The fourth-order valence-corrected chi connectivity index (χ4v) is 3.74. The van der Waals surface area contributed by atoms with Crippen LogP contribution in [0.2, 0.25) is 0 Å². The number of hydrogen-bond donors (Lipinski definition) is 2. The van der Waals surface area contributed by atoms with Crippen molar-refractivity contribution >= 4 is 38.4 Å². The van der Waals surface area contributed by atoms with E-state index in [0.717, 1.165) is 23.9 Å². The molecule has 18 heavy (non-hydrogen) atoms. The van der Waals surface area contributed by atoms with Crippen LogP contribution in [0.4, 0.5) is 0 Å². The molecule has 1 saturated heterocycles. The number of hydrogen-bond acceptors (Lipinski definition) is 3. The van der Waals surface area contributed by atoms with E-state index in [1.54, 1.807) is 24.3 Å². The molecule has 0 aliphatic carbocycles. The van der Waals surface area contributed by atoms with Crippen molar-refractivity contribution in [3.8, 4) is 0 Å². The summed E-state index contributed by atoms with van der Waals surface area (Å²) in [6.07, 6.45) is 1.89. The molecule has 1 aliphatic heterocycles. The molecule has 1 atom stereocenters. The van der Waals surface area contributed by atoms with Gasteiger partial charge in [0.05, 0.1) is 4.90 Å². The first-order valence-electron chi connectivity index (χ1n) is 5.56. The van der Waals surface area contributed by atoms with Gasteiger partial charge in [-0.1, -0.05) is 22.0 Å². The summed E-state index contributed by atoms with van der Waals surface area (Å²) >= 11 is 3.28. The second kappa shape index (κ2) is 6.86. The topological polar surface area (TPSA) is 58.2 Å². The number of halogens is 2. The molecule has 1 aliphatic rings. The summed E-state index contributed by atoms with van der Waals surface area (Å²) in [6, 6.07) is 6.73. The molecule has 0 aromatic heterocycles. The maximum absolute atomic E-state index is 12.1. The van der Waals surface area contributed by atoms with E-state index in [1.807, 2.05) is 0 Å². The van der Waals surface area contributed by atoms with Crippen LogP contribution in [0.25, 0.3) is 0 Å². The van der Waals surface area contributed by atoms with Crippen LogP contribution in [0.3, 0.4) is 0 Å². The molecule has 0 spiro atoms. The van der Waals surface area contributed by atoms with Crippen molar-refractivity contribution in [1.82, 2.24) is 10.0 Å². The summed E-state index contributed by atoms with van der Waals surface area (Å²) in [5.41, 5.74) is 0. The van der Waals surface area contributed by atoms with Crippen molar-refractivity contribution < 1.29 is 8.42 Å². The molecule has 102 valence electrons. The number of piperidine rings is 1. The monoisotopic (exact) mass is 354 g/mol. The van der Waals surface area contributed by atoms with Crippen LogP contribution in [0.5, 0.6) is 0 Å². The normalized spacial score (nSPS) is 20.2. The fraction of sp³-hybridized carbons (Fsp3) is 0.455. The molecule has 7 heteroatoms. The predicted octanol–water partition coefficient (Wildman–Crippen LogP) is 1.90. The van der Waals surface area contributed by atoms with Crippen LogP contribution in [-0.2, 0) is 10.0 Å². The minimum absolute atomic E-state index is 0. The Balaban J connectivity index is 0.00000162. The molecule has 2 rings (SSSR count). The van der Waals surface area contributed by atoms with Gasteiger partial charge in [0, 0.05) is 17.1 Å². The smallest absolute Gasteiger partial charge is 0.240 e. The van der Waals surface area contributed by atoms with Gasteiger partial charge in [-0.05, 0) is 37.6 Å². The Bertz CT molecular complexity index is 490. The zero-order valence-corrected chi connectivity index (χ0v) is 12.9. The van der Waals surface area contributed by atoms with E-state index in [0.29, 0.717) is 11.4 Å². The van der Waals surface area contributed by atoms with E-state index in [1.165, 1.54) is 0 Å². The second-order valence-corrected chi connectivity index (χ2v) is 6.75. The van der Waals surface area contributed by atoms with Gasteiger partial charge in [0.25, 0.3) is 0 Å². The molecule has 1 aromatic rings. The van der Waals surface area contributed by atoms with Gasteiger partial charge in [0.2, 0.25) is 10.0 Å². The Morgan fingerprint density at radius 2 is 2.17 bits per heavy atom. The Labute approximate surface area is 122 Å². The van der Waals surface area contributed by atoms with Crippen LogP contribution < -0.4 is 10.0 Å². The van der Waals surface area contributed by atoms with Gasteiger partial charge < -0.3 is 5.32 Å². The van der Waals surface area contributed by atoms with Gasteiger partial charge in [-0.15, -0.1) is 12.4 Å². The number of rotatable bonds is 3. The molecule has 1 aromatic carbocycles. The molecule has 0 radical (unpaired) electrons. The predicted molar refractivity (Wildman–Crippen MR) is 77.6 cm³/mol. The Morgan fingerprint density at radius 3 is 2.78 bits per heavy atom. The third-order valence-corrected chi connectivity index (χ3v) is 4.74. The molecule has 4 nitrogen and oxygen atoms in total. The summed E-state index contributed by atoms with van der Waals surface area (Å²) in [6.45, 7) is 1.67. The lowest BCUT2D eigenvalue weighted by molar-refractivity contribution is 0.428. The Morgan fingerprint density at radius 1 is 1.39 bits per heavy atom. The van der Waals surface area contributed by atoms with Crippen molar-refractivity contribution in [1.29, 1.82) is 0 Å². The third kappa shape index (κ3) is 4.20. The molecule has 2 N–H and O–H groups in total. The number of nitrogens with one attached hydrogen (secondary N) is 2. The number of sulfonamides is 1. The van der Waals surface area contributed by atoms with E-state index in [2.05, 4.69) is 26.0 Å². The number of benzene rings is 1. The highest BCUT2D eigenvalue weighted by Gasteiger charge is 2.21. The molecule has 1 heterocycles. The highest BCUT2D eigenvalue weighted by Crippen LogP contribution is 2.16. The Kier molecular flexibility index (Phi) is 6.07. The second-order valence-electron chi connectivity index (χ2n) is 4.12. The molecule has 1 fully saturated rings. The fourth-order valence-electron chi connectivity index (χ4n) is 1.87. The molecule has 0 amide bonds. The molecule has 0 saturated carbocycles. The van der Waals surface area contributed by atoms with Crippen molar-refractivity contribution in [3.05, 3.63) is 28.7 Å². The van der Waals surface area contributed by atoms with Crippen LogP contribution in [0.1, 0.15) is 12.8 Å². The lowest BCUT2D eigenvalue weighted by atomic mass is 10.1. The summed E-state index contributed by atoms with van der Waals surface area (Å²) in [5.74, 6) is 0. The largest absolute Gasteiger partial charge is 0.315 e. The van der Waals surface area contributed by atoms with E-state index < -0.39 is 10.0 Å². The van der Waals surface area contributed by atoms with Gasteiger partial charge in [-0.25, -0.2) is 13.1 Å². The summed E-state index contributed by atoms with van der Waals surface area (Å²) < 4.78 is 27.7. The first-order valence-corrected chi connectivity index (χ1v) is 7.84. The van der Waals surface area contributed by atoms with E-state index in [-0.39, 0.29) is 18.4 Å². The van der Waals surface area contributed by atoms with Crippen LogP contribution in [0.15, 0.2) is 33.6 Å². The van der Waals surface area contributed by atoms with Crippen molar-refractivity contribution in [2.75, 3.05) is 13.1 Å². The highest BCUT2D eigenvalue weighted by molar-refractivity contribution is 9.10. The van der Waals surface area contributed by atoms with Crippen LogP contribution in [0, 0.1) is 0 Å². The van der Waals surface area contributed by atoms with Gasteiger partial charge in [-0.2, -0.15) is 0 Å². The van der Waals surface area contributed by atoms with Gasteiger partial charge in [0.1, 0.15) is 0 Å². The first-order chi connectivity index (χ1) is 8.08. The molecular formula is C11H16BrClN2O2S. The zero-order chi connectivity index (χ0) is 12.3. The zero-order valence-electron chi connectivity index (χ0n) is 9.73. The van der Waals surface area contributed by atoms with Crippen molar-refractivity contribution in [2.24, 2.45) is 0 Å². The minimum atomic E-state index is -3.40. The van der Waals surface area contributed by atoms with Gasteiger partial charge in [0.15, 0.2) is 0 Å². The molecular weight excluding hydrogens is 340 g/mol. The van der Waals surface area contributed by atoms with E-state index >= 15 is 0 Å². The standard InChI is InChI=1S/C11H15BrN2O2S.ClH/c12-9-3-1-5-11(7-9)17(15,16)14-10-4-2-6-13-8-10;/h1,3,5,7,10,13-14H,2,4,6,8H2;1H. The van der Waals surface area contributed by atoms with Crippen LogP contribution >= 0.6 is 28.3 Å². The van der Waals surface area contributed by atoms with E-state index in [9.17, 15) is 8.42 Å². The maximum Gasteiger partial charge on any atom is 0.240 e. The van der Waals surface area contributed by atoms with Gasteiger partial charge >= 0.3 is 0 Å². The molecule has 1 unspecified atom stereocenters. The first kappa shape index (κ1) is 15.9. The summed E-state index contributed by atoms with van der Waals surface area (Å²) in [7, 11) is -3.40. The third-order valence-electron chi connectivity index (χ3n) is 2.73.